The molecule has 2 rings (SSSR count). The van der Waals surface area contributed by atoms with Crippen molar-refractivity contribution >= 4 is 0 Å². The van der Waals surface area contributed by atoms with Crippen LogP contribution in [-0.2, 0) is 6.61 Å². The molecule has 1 heterocycles. The van der Waals surface area contributed by atoms with E-state index < -0.39 is 11.6 Å². The number of hydrogen-bond donors (Lipinski definition) is 1. The van der Waals surface area contributed by atoms with Crippen molar-refractivity contribution in [3.8, 4) is 5.69 Å². The molecule has 0 saturated carbocycles. The Morgan fingerprint density at radius 1 is 1.38 bits per heavy atom. The molecule has 0 radical (unpaired) electrons. The molecule has 16 heavy (non-hydrogen) atoms. The fourth-order valence-electron chi connectivity index (χ4n) is 1.44. The molecule has 2 aromatic rings. The highest BCUT2D eigenvalue weighted by atomic mass is 19.1. The van der Waals surface area contributed by atoms with Crippen LogP contribution in [0.25, 0.3) is 5.69 Å². The van der Waals surface area contributed by atoms with Gasteiger partial charge in [-0.1, -0.05) is 0 Å². The number of nitrogens with zero attached hydrogens (tertiary/aromatic N) is 2. The van der Waals surface area contributed by atoms with E-state index in [0.29, 0.717) is 11.3 Å². The maximum absolute atomic E-state index is 13.4. The van der Waals surface area contributed by atoms with Gasteiger partial charge in [-0.25, -0.2) is 13.5 Å². The first-order valence-corrected chi connectivity index (χ1v) is 4.73. The lowest BCUT2D eigenvalue weighted by Gasteiger charge is -2.02. The molecule has 0 spiro atoms. The molecule has 0 aliphatic rings. The Bertz CT molecular complexity index is 523. The van der Waals surface area contributed by atoms with Gasteiger partial charge in [-0.05, 0) is 19.1 Å². The lowest BCUT2D eigenvalue weighted by atomic mass is 10.3. The zero-order valence-electron chi connectivity index (χ0n) is 8.61. The van der Waals surface area contributed by atoms with Gasteiger partial charge in [0.05, 0.1) is 12.3 Å². The van der Waals surface area contributed by atoms with E-state index in [4.69, 9.17) is 5.11 Å². The van der Waals surface area contributed by atoms with Gasteiger partial charge in [-0.2, -0.15) is 5.10 Å². The van der Waals surface area contributed by atoms with Crippen LogP contribution in [0.3, 0.4) is 0 Å². The average molecular weight is 224 g/mol. The summed E-state index contributed by atoms with van der Waals surface area (Å²) < 4.78 is 27.4. The van der Waals surface area contributed by atoms with Crippen molar-refractivity contribution < 1.29 is 13.9 Å². The number of aliphatic hydroxyl groups excluding tert-OH is 1. The number of halogens is 2. The van der Waals surface area contributed by atoms with Gasteiger partial charge < -0.3 is 5.11 Å². The van der Waals surface area contributed by atoms with Crippen molar-refractivity contribution in [3.63, 3.8) is 0 Å². The van der Waals surface area contributed by atoms with E-state index in [-0.39, 0.29) is 12.3 Å². The Balaban J connectivity index is 2.50. The van der Waals surface area contributed by atoms with Crippen LogP contribution in [0.2, 0.25) is 0 Å². The second kappa shape index (κ2) is 4.02. The fourth-order valence-corrected chi connectivity index (χ4v) is 1.44. The highest BCUT2D eigenvalue weighted by Crippen LogP contribution is 2.16. The van der Waals surface area contributed by atoms with Crippen molar-refractivity contribution in [3.05, 3.63) is 47.3 Å². The lowest BCUT2D eigenvalue weighted by molar-refractivity contribution is 0.281. The standard InChI is InChI=1S/C11H10F2N2O/c1-7-8(6-16)5-15(14-7)11-3-2-9(12)4-10(11)13/h2-5,16H,6H2,1H3. The summed E-state index contributed by atoms with van der Waals surface area (Å²) in [6.45, 7) is 1.55. The smallest absolute Gasteiger partial charge is 0.151 e. The minimum Gasteiger partial charge on any atom is -0.392 e. The first-order chi connectivity index (χ1) is 7.61. The summed E-state index contributed by atoms with van der Waals surface area (Å²) in [7, 11) is 0. The molecule has 0 amide bonds. The molecule has 0 saturated heterocycles. The number of benzene rings is 1. The van der Waals surface area contributed by atoms with E-state index in [9.17, 15) is 8.78 Å². The molecule has 84 valence electrons. The lowest BCUT2D eigenvalue weighted by Crippen LogP contribution is -1.99. The van der Waals surface area contributed by atoms with Crippen molar-refractivity contribution in [2.24, 2.45) is 0 Å². The molecule has 1 aromatic heterocycles. The summed E-state index contributed by atoms with van der Waals surface area (Å²) in [4.78, 5) is 0. The number of aryl methyl sites for hydroxylation is 1. The molecule has 0 fully saturated rings. The zero-order chi connectivity index (χ0) is 11.7. The minimum atomic E-state index is -0.688. The summed E-state index contributed by atoms with van der Waals surface area (Å²) in [5.74, 6) is -1.32. The summed E-state index contributed by atoms with van der Waals surface area (Å²) in [6, 6.07) is 3.26. The molecular formula is C11H10F2N2O. The Morgan fingerprint density at radius 3 is 2.69 bits per heavy atom. The molecule has 0 aliphatic heterocycles. The molecule has 5 heteroatoms. The minimum absolute atomic E-state index is 0.157. The van der Waals surface area contributed by atoms with Gasteiger partial charge in [0, 0.05) is 17.8 Å². The first kappa shape index (κ1) is 10.8. The second-order valence-corrected chi connectivity index (χ2v) is 3.44. The molecule has 0 aliphatic carbocycles. The van der Waals surface area contributed by atoms with Crippen molar-refractivity contribution in [1.82, 2.24) is 9.78 Å². The van der Waals surface area contributed by atoms with Gasteiger partial charge in [0.15, 0.2) is 5.82 Å². The van der Waals surface area contributed by atoms with Gasteiger partial charge >= 0.3 is 0 Å². The Morgan fingerprint density at radius 2 is 2.12 bits per heavy atom. The number of hydrogen-bond acceptors (Lipinski definition) is 2. The third-order valence-corrected chi connectivity index (χ3v) is 2.33. The summed E-state index contributed by atoms with van der Waals surface area (Å²) >= 11 is 0. The van der Waals surface area contributed by atoms with Gasteiger partial charge in [0.2, 0.25) is 0 Å². The number of rotatable bonds is 2. The highest BCUT2D eigenvalue weighted by Gasteiger charge is 2.09. The van der Waals surface area contributed by atoms with Crippen molar-refractivity contribution in [2.75, 3.05) is 0 Å². The average Bonchev–Trinajstić information content (AvgIpc) is 2.59. The maximum Gasteiger partial charge on any atom is 0.151 e. The molecule has 0 unspecified atom stereocenters. The van der Waals surface area contributed by atoms with Gasteiger partial charge in [-0.15, -0.1) is 0 Å². The van der Waals surface area contributed by atoms with E-state index in [2.05, 4.69) is 5.10 Å². The Hall–Kier alpha value is -1.75. The van der Waals surface area contributed by atoms with Crippen molar-refractivity contribution in [1.29, 1.82) is 0 Å². The third-order valence-electron chi connectivity index (χ3n) is 2.33. The summed E-state index contributed by atoms with van der Waals surface area (Å²) in [5.41, 5.74) is 1.39. The van der Waals surface area contributed by atoms with Crippen LogP contribution < -0.4 is 0 Å². The largest absolute Gasteiger partial charge is 0.392 e. The van der Waals surface area contributed by atoms with Gasteiger partial charge in [0.1, 0.15) is 11.5 Å². The molecule has 0 atom stereocenters. The first-order valence-electron chi connectivity index (χ1n) is 4.73. The monoisotopic (exact) mass is 224 g/mol. The van der Waals surface area contributed by atoms with Crippen LogP contribution >= 0.6 is 0 Å². The summed E-state index contributed by atoms with van der Waals surface area (Å²) in [6.07, 6.45) is 1.52. The van der Waals surface area contributed by atoms with E-state index >= 15 is 0 Å². The molecule has 3 nitrogen and oxygen atoms in total. The zero-order valence-corrected chi connectivity index (χ0v) is 8.61. The Labute approximate surface area is 91.0 Å². The number of aliphatic hydroxyl groups is 1. The van der Waals surface area contributed by atoms with Crippen LogP contribution in [0.1, 0.15) is 11.3 Å². The topological polar surface area (TPSA) is 38.0 Å². The van der Waals surface area contributed by atoms with Crippen LogP contribution in [0.5, 0.6) is 0 Å². The normalized spacial score (nSPS) is 10.8. The highest BCUT2D eigenvalue weighted by molar-refractivity contribution is 5.34. The maximum atomic E-state index is 13.4. The second-order valence-electron chi connectivity index (χ2n) is 3.44. The van der Waals surface area contributed by atoms with E-state index in [1.807, 2.05) is 0 Å². The molecule has 0 bridgehead atoms. The molecule has 1 N–H and O–H groups in total. The molecular weight excluding hydrogens is 214 g/mol. The Kier molecular flexibility index (Phi) is 2.70. The predicted octanol–water partition coefficient (Wildman–Crippen LogP) is 1.95. The van der Waals surface area contributed by atoms with E-state index in [1.165, 1.54) is 16.9 Å². The van der Waals surface area contributed by atoms with Crippen LogP contribution in [0, 0.1) is 18.6 Å². The van der Waals surface area contributed by atoms with Gasteiger partial charge in [0.25, 0.3) is 0 Å². The summed E-state index contributed by atoms with van der Waals surface area (Å²) in [5, 5.41) is 13.0. The van der Waals surface area contributed by atoms with Gasteiger partial charge in [-0.3, -0.25) is 0 Å². The SMILES string of the molecule is Cc1nn(-c2ccc(F)cc2F)cc1CO. The number of aromatic nitrogens is 2. The van der Waals surface area contributed by atoms with Crippen molar-refractivity contribution in [2.45, 2.75) is 13.5 Å². The van der Waals surface area contributed by atoms with Crippen LogP contribution in [0.15, 0.2) is 24.4 Å². The quantitative estimate of drug-likeness (QED) is 0.846. The van der Waals surface area contributed by atoms with Crippen LogP contribution in [0.4, 0.5) is 8.78 Å². The van der Waals surface area contributed by atoms with E-state index in [1.54, 1.807) is 6.92 Å². The van der Waals surface area contributed by atoms with Crippen LogP contribution in [-0.4, -0.2) is 14.9 Å². The predicted molar refractivity (Wildman–Crippen MR) is 54.1 cm³/mol. The fraction of sp³-hybridized carbons (Fsp3) is 0.182. The molecule has 1 aromatic carbocycles. The van der Waals surface area contributed by atoms with E-state index in [0.717, 1.165) is 12.1 Å². The third kappa shape index (κ3) is 1.81.